The predicted octanol–water partition coefficient (Wildman–Crippen LogP) is -0.850. The molecule has 7 N–H and O–H groups in total. The van der Waals surface area contributed by atoms with Crippen LogP contribution in [0.15, 0.2) is 24.3 Å². The Morgan fingerprint density at radius 3 is 2.13 bits per heavy atom. The highest BCUT2D eigenvalue weighted by molar-refractivity contribution is 6.00. The van der Waals surface area contributed by atoms with E-state index in [9.17, 15) is 24.0 Å². The largest absolute Gasteiger partial charge is 0.461 e. The van der Waals surface area contributed by atoms with Crippen molar-refractivity contribution in [1.82, 2.24) is 10.6 Å². The Hall–Kier alpha value is -3.47. The van der Waals surface area contributed by atoms with Crippen molar-refractivity contribution in [2.75, 3.05) is 18.9 Å². The zero-order chi connectivity index (χ0) is 23.1. The number of amides is 4. The van der Waals surface area contributed by atoms with Crippen molar-refractivity contribution >= 4 is 35.3 Å². The summed E-state index contributed by atoms with van der Waals surface area (Å²) in [6.45, 7) is 2.72. The van der Waals surface area contributed by atoms with Crippen molar-refractivity contribution in [3.8, 4) is 0 Å². The molecule has 0 radical (unpaired) electrons. The summed E-state index contributed by atoms with van der Waals surface area (Å²) in [7, 11) is 1.50. The number of rotatable bonds is 10. The molecule has 0 aliphatic rings. The number of hydrogen-bond acceptors (Lipinski definition) is 7. The van der Waals surface area contributed by atoms with E-state index in [1.807, 2.05) is 0 Å². The van der Waals surface area contributed by atoms with Gasteiger partial charge in [0.1, 0.15) is 12.6 Å². The van der Waals surface area contributed by atoms with E-state index in [1.54, 1.807) is 31.2 Å². The van der Waals surface area contributed by atoms with E-state index < -0.39 is 36.2 Å². The van der Waals surface area contributed by atoms with Crippen molar-refractivity contribution in [1.29, 1.82) is 0 Å². The highest BCUT2D eigenvalue weighted by atomic mass is 16.5. The summed E-state index contributed by atoms with van der Waals surface area (Å²) in [5, 5.41) is 7.30. The third kappa shape index (κ3) is 11.4. The van der Waals surface area contributed by atoms with Gasteiger partial charge in [0.15, 0.2) is 0 Å². The van der Waals surface area contributed by atoms with E-state index in [1.165, 1.54) is 14.0 Å². The molecule has 1 aromatic carbocycles. The van der Waals surface area contributed by atoms with Gasteiger partial charge in [0.2, 0.25) is 23.6 Å². The number of hydrogen-bond donors (Lipinski definition) is 5. The minimum absolute atomic E-state index is 0.105. The van der Waals surface area contributed by atoms with E-state index in [0.717, 1.165) is 5.56 Å². The molecule has 0 saturated carbocycles. The summed E-state index contributed by atoms with van der Waals surface area (Å²) >= 11 is 0. The van der Waals surface area contributed by atoms with E-state index >= 15 is 0 Å². The Kier molecular flexibility index (Phi) is 12.8. The molecule has 30 heavy (non-hydrogen) atoms. The monoisotopic (exact) mass is 423 g/mol. The van der Waals surface area contributed by atoms with Crippen LogP contribution < -0.4 is 27.4 Å². The van der Waals surface area contributed by atoms with Crippen LogP contribution in [-0.4, -0.2) is 49.2 Å². The van der Waals surface area contributed by atoms with Gasteiger partial charge in [-0.05, 0) is 24.7 Å². The topological polar surface area (TPSA) is 183 Å². The lowest BCUT2D eigenvalue weighted by Crippen LogP contribution is -2.49. The first kappa shape index (κ1) is 26.5. The van der Waals surface area contributed by atoms with E-state index in [0.29, 0.717) is 5.69 Å². The Balaban J connectivity index is 0.00000407. The van der Waals surface area contributed by atoms with Crippen LogP contribution >= 0.6 is 0 Å². The SMILES string of the molecule is CCC(=O)NCC(=O)NC(CC(N)=O)C(=O)Nc1ccc(COC(C)=O)cc1.CN. The first-order valence-corrected chi connectivity index (χ1v) is 9.16. The second-order valence-corrected chi connectivity index (χ2v) is 5.89. The highest BCUT2D eigenvalue weighted by Gasteiger charge is 2.23. The number of nitrogens with two attached hydrogens (primary N) is 2. The Bertz CT molecular complexity index is 735. The summed E-state index contributed by atoms with van der Waals surface area (Å²) in [6, 6.07) is 5.29. The van der Waals surface area contributed by atoms with Gasteiger partial charge in [-0.25, -0.2) is 0 Å². The average molecular weight is 423 g/mol. The molecule has 1 aromatic rings. The highest BCUT2D eigenvalue weighted by Crippen LogP contribution is 2.11. The molecule has 0 fully saturated rings. The zero-order valence-corrected chi connectivity index (χ0v) is 17.3. The summed E-state index contributed by atoms with van der Waals surface area (Å²) in [4.78, 5) is 57.5. The zero-order valence-electron chi connectivity index (χ0n) is 17.3. The predicted molar refractivity (Wildman–Crippen MR) is 110 cm³/mol. The van der Waals surface area contributed by atoms with Crippen molar-refractivity contribution in [2.45, 2.75) is 39.3 Å². The molecule has 4 amide bonds. The van der Waals surface area contributed by atoms with Gasteiger partial charge < -0.3 is 32.2 Å². The van der Waals surface area contributed by atoms with Crippen LogP contribution in [0.5, 0.6) is 0 Å². The second kappa shape index (κ2) is 14.5. The van der Waals surface area contributed by atoms with Crippen LogP contribution in [0.2, 0.25) is 0 Å². The lowest BCUT2D eigenvalue weighted by atomic mass is 10.1. The van der Waals surface area contributed by atoms with Gasteiger partial charge in [0.25, 0.3) is 0 Å². The van der Waals surface area contributed by atoms with Gasteiger partial charge in [-0.2, -0.15) is 0 Å². The molecular formula is C19H29N5O6. The summed E-state index contributed by atoms with van der Waals surface area (Å²) in [5.74, 6) is -2.76. The number of anilines is 1. The summed E-state index contributed by atoms with van der Waals surface area (Å²) in [6.07, 6.45) is -0.185. The van der Waals surface area contributed by atoms with Gasteiger partial charge in [0.05, 0.1) is 13.0 Å². The van der Waals surface area contributed by atoms with Crippen LogP contribution in [0.25, 0.3) is 0 Å². The Labute approximate surface area is 174 Å². The number of esters is 1. The second-order valence-electron chi connectivity index (χ2n) is 5.89. The van der Waals surface area contributed by atoms with Crippen LogP contribution in [0.3, 0.4) is 0 Å². The molecule has 11 nitrogen and oxygen atoms in total. The van der Waals surface area contributed by atoms with Crippen LogP contribution in [0.4, 0.5) is 5.69 Å². The van der Waals surface area contributed by atoms with Gasteiger partial charge in [-0.15, -0.1) is 0 Å². The normalized spacial score (nSPS) is 10.5. The summed E-state index contributed by atoms with van der Waals surface area (Å²) in [5.41, 5.74) is 10.8. The molecule has 166 valence electrons. The quantitative estimate of drug-likeness (QED) is 0.304. The van der Waals surface area contributed by atoms with Crippen LogP contribution in [0, 0.1) is 0 Å². The third-order valence-corrected chi connectivity index (χ3v) is 3.49. The van der Waals surface area contributed by atoms with Crippen LogP contribution in [0.1, 0.15) is 32.3 Å². The van der Waals surface area contributed by atoms with Gasteiger partial charge in [-0.1, -0.05) is 19.1 Å². The molecular weight excluding hydrogens is 394 g/mol. The number of ether oxygens (including phenoxy) is 1. The minimum Gasteiger partial charge on any atom is -0.461 e. The van der Waals surface area contributed by atoms with Gasteiger partial charge in [0, 0.05) is 19.0 Å². The molecule has 1 unspecified atom stereocenters. The number of benzene rings is 1. The van der Waals surface area contributed by atoms with Crippen LogP contribution in [-0.2, 0) is 35.3 Å². The number of primary amides is 1. The first-order chi connectivity index (χ1) is 14.2. The minimum atomic E-state index is -1.19. The molecule has 11 heteroatoms. The molecule has 0 aliphatic heterocycles. The lowest BCUT2D eigenvalue weighted by molar-refractivity contribution is -0.142. The maximum absolute atomic E-state index is 12.4. The molecule has 0 bridgehead atoms. The molecule has 1 atom stereocenters. The van der Waals surface area contributed by atoms with Crippen molar-refractivity contribution < 1.29 is 28.7 Å². The summed E-state index contributed by atoms with van der Waals surface area (Å²) < 4.78 is 4.87. The molecule has 0 heterocycles. The molecule has 1 rings (SSSR count). The van der Waals surface area contributed by atoms with E-state index in [2.05, 4.69) is 21.7 Å². The lowest BCUT2D eigenvalue weighted by Gasteiger charge is -2.17. The average Bonchev–Trinajstić information content (AvgIpc) is 2.72. The standard InChI is InChI=1S/C18H24N4O6.CH5N/c1-3-16(25)20-9-17(26)22-14(8-15(19)24)18(27)21-13-6-4-12(5-7-13)10-28-11(2)23;1-2/h4-7,14H,3,8-10H2,1-2H3,(H2,19,24)(H,20,25)(H,21,27)(H,22,26);2H2,1H3. The fraction of sp³-hybridized carbons (Fsp3) is 0.421. The van der Waals surface area contributed by atoms with E-state index in [-0.39, 0.29) is 25.5 Å². The molecule has 0 aliphatic carbocycles. The van der Waals surface area contributed by atoms with E-state index in [4.69, 9.17) is 10.5 Å². The fourth-order valence-corrected chi connectivity index (χ4v) is 2.06. The third-order valence-electron chi connectivity index (χ3n) is 3.49. The number of carbonyl (C=O) groups excluding carboxylic acids is 5. The maximum Gasteiger partial charge on any atom is 0.302 e. The maximum atomic E-state index is 12.4. The molecule has 0 spiro atoms. The Morgan fingerprint density at radius 2 is 1.63 bits per heavy atom. The van der Waals surface area contributed by atoms with Crippen molar-refractivity contribution in [2.24, 2.45) is 11.5 Å². The number of carbonyl (C=O) groups is 5. The number of nitrogens with one attached hydrogen (secondary N) is 3. The van der Waals surface area contributed by atoms with Crippen molar-refractivity contribution in [3.05, 3.63) is 29.8 Å². The van der Waals surface area contributed by atoms with Crippen molar-refractivity contribution in [3.63, 3.8) is 0 Å². The van der Waals surface area contributed by atoms with Gasteiger partial charge >= 0.3 is 5.97 Å². The molecule has 0 saturated heterocycles. The van der Waals surface area contributed by atoms with Gasteiger partial charge in [-0.3, -0.25) is 24.0 Å². The fourth-order valence-electron chi connectivity index (χ4n) is 2.06. The first-order valence-electron chi connectivity index (χ1n) is 9.16. The molecule has 0 aromatic heterocycles. The smallest absolute Gasteiger partial charge is 0.302 e. The Morgan fingerprint density at radius 1 is 1.03 bits per heavy atom.